The van der Waals surface area contributed by atoms with E-state index in [-0.39, 0.29) is 11.7 Å². The molecule has 0 bridgehead atoms. The van der Waals surface area contributed by atoms with Crippen LogP contribution in [0.3, 0.4) is 0 Å². The molecular weight excluding hydrogens is 426 g/mol. The number of hydrogen-bond acceptors (Lipinski definition) is 4. The maximum absolute atomic E-state index is 12.5. The van der Waals surface area contributed by atoms with Crippen molar-refractivity contribution in [3.63, 3.8) is 0 Å². The SMILES string of the molecule is CCCCCCCC(=O)N(C)Cc1cccc(-c2ccc(/C=C(/OCC)C(=O)OCC)cc2)c1. The summed E-state index contributed by atoms with van der Waals surface area (Å²) in [7, 11) is 1.88. The average molecular weight is 466 g/mol. The fraction of sp³-hybridized carbons (Fsp3) is 0.448. The van der Waals surface area contributed by atoms with Crippen molar-refractivity contribution >= 4 is 18.0 Å². The van der Waals surface area contributed by atoms with Gasteiger partial charge < -0.3 is 14.4 Å². The Labute approximate surface area is 204 Å². The lowest BCUT2D eigenvalue weighted by Gasteiger charge is -2.18. The Hall–Kier alpha value is -3.08. The van der Waals surface area contributed by atoms with E-state index in [0.717, 1.165) is 35.1 Å². The minimum Gasteiger partial charge on any atom is -0.487 e. The van der Waals surface area contributed by atoms with E-state index in [9.17, 15) is 9.59 Å². The number of hydrogen-bond donors (Lipinski definition) is 0. The molecule has 0 saturated carbocycles. The van der Waals surface area contributed by atoms with Crippen molar-refractivity contribution in [2.24, 2.45) is 0 Å². The predicted molar refractivity (Wildman–Crippen MR) is 138 cm³/mol. The molecule has 2 aromatic rings. The number of rotatable bonds is 14. The minimum absolute atomic E-state index is 0.199. The van der Waals surface area contributed by atoms with Gasteiger partial charge in [0.15, 0.2) is 0 Å². The second-order valence-electron chi connectivity index (χ2n) is 8.40. The molecule has 0 aromatic heterocycles. The highest BCUT2D eigenvalue weighted by Gasteiger charge is 2.12. The molecule has 2 aromatic carbocycles. The molecule has 184 valence electrons. The van der Waals surface area contributed by atoms with Gasteiger partial charge in [-0.2, -0.15) is 0 Å². The van der Waals surface area contributed by atoms with Gasteiger partial charge in [-0.25, -0.2) is 4.79 Å². The van der Waals surface area contributed by atoms with E-state index in [1.807, 2.05) is 49.2 Å². The molecule has 5 nitrogen and oxygen atoms in total. The second kappa shape index (κ2) is 14.9. The van der Waals surface area contributed by atoms with Crippen LogP contribution in [0.15, 0.2) is 54.3 Å². The Bertz CT molecular complexity index is 933. The number of carbonyl (C=O) groups is 2. The van der Waals surface area contributed by atoms with Crippen molar-refractivity contribution in [3.8, 4) is 11.1 Å². The first-order chi connectivity index (χ1) is 16.5. The molecule has 0 atom stereocenters. The zero-order valence-electron chi connectivity index (χ0n) is 21.1. The van der Waals surface area contributed by atoms with Gasteiger partial charge in [0, 0.05) is 20.0 Å². The number of unbranched alkanes of at least 4 members (excludes halogenated alkanes) is 4. The van der Waals surface area contributed by atoms with Gasteiger partial charge >= 0.3 is 5.97 Å². The number of nitrogens with zero attached hydrogens (tertiary/aromatic N) is 1. The van der Waals surface area contributed by atoms with Crippen LogP contribution in [0.4, 0.5) is 0 Å². The minimum atomic E-state index is -0.458. The van der Waals surface area contributed by atoms with Crippen molar-refractivity contribution in [2.75, 3.05) is 20.3 Å². The zero-order valence-corrected chi connectivity index (χ0v) is 21.1. The number of esters is 1. The lowest BCUT2D eigenvalue weighted by atomic mass is 10.0. The fourth-order valence-corrected chi connectivity index (χ4v) is 3.72. The summed E-state index contributed by atoms with van der Waals surface area (Å²) in [5.41, 5.74) is 4.12. The van der Waals surface area contributed by atoms with Crippen LogP contribution in [-0.2, 0) is 25.6 Å². The Morgan fingerprint density at radius 1 is 0.853 bits per heavy atom. The van der Waals surface area contributed by atoms with Gasteiger partial charge in [0.2, 0.25) is 11.7 Å². The second-order valence-corrected chi connectivity index (χ2v) is 8.40. The largest absolute Gasteiger partial charge is 0.487 e. The first-order valence-electron chi connectivity index (χ1n) is 12.4. The molecule has 0 spiro atoms. The molecule has 2 rings (SSSR count). The Morgan fingerprint density at radius 3 is 2.24 bits per heavy atom. The van der Waals surface area contributed by atoms with Crippen molar-refractivity contribution in [1.29, 1.82) is 0 Å². The van der Waals surface area contributed by atoms with Crippen molar-refractivity contribution in [3.05, 3.63) is 65.4 Å². The first kappa shape index (κ1) is 27.2. The lowest BCUT2D eigenvalue weighted by molar-refractivity contribution is -0.142. The van der Waals surface area contributed by atoms with Gasteiger partial charge in [0.1, 0.15) is 0 Å². The molecule has 0 saturated heterocycles. The maximum Gasteiger partial charge on any atom is 0.373 e. The first-order valence-corrected chi connectivity index (χ1v) is 12.4. The topological polar surface area (TPSA) is 55.8 Å². The van der Waals surface area contributed by atoms with Gasteiger partial charge in [-0.05, 0) is 54.7 Å². The third kappa shape index (κ3) is 9.05. The molecule has 0 fully saturated rings. The van der Waals surface area contributed by atoms with Gasteiger partial charge in [0.25, 0.3) is 0 Å². The molecule has 0 aliphatic carbocycles. The summed E-state index contributed by atoms with van der Waals surface area (Å²) < 4.78 is 10.5. The normalized spacial score (nSPS) is 11.2. The summed E-state index contributed by atoms with van der Waals surface area (Å²) in [6, 6.07) is 16.2. The smallest absolute Gasteiger partial charge is 0.373 e. The van der Waals surface area contributed by atoms with Crippen LogP contribution < -0.4 is 0 Å². The Balaban J connectivity index is 2.02. The summed E-state index contributed by atoms with van der Waals surface area (Å²) >= 11 is 0. The zero-order chi connectivity index (χ0) is 24.8. The van der Waals surface area contributed by atoms with Gasteiger partial charge in [-0.15, -0.1) is 0 Å². The van der Waals surface area contributed by atoms with Crippen LogP contribution in [0.1, 0.15) is 70.4 Å². The predicted octanol–water partition coefficient (Wildman–Crippen LogP) is 6.61. The number of carbonyl (C=O) groups excluding carboxylic acids is 2. The third-order valence-corrected chi connectivity index (χ3v) is 5.58. The molecule has 0 aliphatic heterocycles. The van der Waals surface area contributed by atoms with E-state index in [1.165, 1.54) is 19.3 Å². The molecule has 0 aliphatic rings. The molecule has 0 unspecified atom stereocenters. The van der Waals surface area contributed by atoms with E-state index in [0.29, 0.717) is 26.2 Å². The molecule has 0 radical (unpaired) electrons. The van der Waals surface area contributed by atoms with Crippen LogP contribution >= 0.6 is 0 Å². The molecule has 0 heterocycles. The Kier molecular flexibility index (Phi) is 11.9. The summed E-state index contributed by atoms with van der Waals surface area (Å²) in [6.07, 6.45) is 8.07. The number of amides is 1. The van der Waals surface area contributed by atoms with E-state index in [4.69, 9.17) is 9.47 Å². The van der Waals surface area contributed by atoms with Crippen molar-refractivity contribution in [1.82, 2.24) is 4.90 Å². The maximum atomic E-state index is 12.5. The van der Waals surface area contributed by atoms with E-state index in [1.54, 1.807) is 13.0 Å². The molecule has 5 heteroatoms. The van der Waals surface area contributed by atoms with Crippen molar-refractivity contribution in [2.45, 2.75) is 65.8 Å². The van der Waals surface area contributed by atoms with E-state index in [2.05, 4.69) is 25.1 Å². The summed E-state index contributed by atoms with van der Waals surface area (Å²) in [4.78, 5) is 26.3. The van der Waals surface area contributed by atoms with Gasteiger partial charge in [-0.3, -0.25) is 4.79 Å². The third-order valence-electron chi connectivity index (χ3n) is 5.58. The number of benzene rings is 2. The molecule has 1 amide bonds. The van der Waals surface area contributed by atoms with Gasteiger partial charge in [-0.1, -0.05) is 75.1 Å². The van der Waals surface area contributed by atoms with Gasteiger partial charge in [0.05, 0.1) is 13.2 Å². The summed E-state index contributed by atoms with van der Waals surface area (Å²) in [5, 5.41) is 0. The highest BCUT2D eigenvalue weighted by Crippen LogP contribution is 2.23. The summed E-state index contributed by atoms with van der Waals surface area (Å²) in [5.74, 6) is -0.0531. The standard InChI is InChI=1S/C29H39NO4/c1-5-8-9-10-11-15-28(31)30(4)22-24-13-12-14-26(20-24)25-18-16-23(17-19-25)21-27(33-6-2)29(32)34-7-3/h12-14,16-21H,5-11,15,22H2,1-4H3/b27-21+. The molecule has 34 heavy (non-hydrogen) atoms. The van der Waals surface area contributed by atoms with Crippen LogP contribution in [-0.4, -0.2) is 37.0 Å². The monoisotopic (exact) mass is 465 g/mol. The number of ether oxygens (including phenoxy) is 2. The van der Waals surface area contributed by atoms with Crippen LogP contribution in [0.2, 0.25) is 0 Å². The van der Waals surface area contributed by atoms with Crippen LogP contribution in [0.5, 0.6) is 0 Å². The lowest BCUT2D eigenvalue weighted by Crippen LogP contribution is -2.25. The fourth-order valence-electron chi connectivity index (χ4n) is 3.72. The summed E-state index contributed by atoms with van der Waals surface area (Å²) in [6.45, 7) is 7.10. The molecule has 0 N–H and O–H groups in total. The highest BCUT2D eigenvalue weighted by atomic mass is 16.6. The average Bonchev–Trinajstić information content (AvgIpc) is 2.84. The molecular formula is C29H39NO4. The van der Waals surface area contributed by atoms with Crippen LogP contribution in [0.25, 0.3) is 17.2 Å². The van der Waals surface area contributed by atoms with Crippen molar-refractivity contribution < 1.29 is 19.1 Å². The van der Waals surface area contributed by atoms with E-state index < -0.39 is 5.97 Å². The quantitative estimate of drug-likeness (QED) is 0.136. The van der Waals surface area contributed by atoms with Crippen LogP contribution in [0, 0.1) is 0 Å². The Morgan fingerprint density at radius 2 is 1.56 bits per heavy atom. The van der Waals surface area contributed by atoms with E-state index >= 15 is 0 Å². The highest BCUT2D eigenvalue weighted by molar-refractivity contribution is 5.91.